The van der Waals surface area contributed by atoms with E-state index in [-0.39, 0.29) is 5.78 Å². The lowest BCUT2D eigenvalue weighted by atomic mass is 10.2. The van der Waals surface area contributed by atoms with Gasteiger partial charge in [-0.3, -0.25) is 4.79 Å². The molecule has 0 fully saturated rings. The maximum atomic E-state index is 11.5. The number of carbonyl (C=O) groups is 1. The molecule has 0 aliphatic heterocycles. The molecule has 0 saturated carbocycles. The molecule has 0 atom stereocenters. The quantitative estimate of drug-likeness (QED) is 0.736. The molecule has 0 unspecified atom stereocenters. The summed E-state index contributed by atoms with van der Waals surface area (Å²) in [5.41, 5.74) is 2.50. The van der Waals surface area contributed by atoms with Crippen LogP contribution in [0.4, 0.5) is 0 Å². The molecule has 0 saturated heterocycles. The Balaban J connectivity index is 2.55. The van der Waals surface area contributed by atoms with Crippen LogP contribution in [0, 0.1) is 0 Å². The molecular weight excluding hydrogens is 200 g/mol. The van der Waals surface area contributed by atoms with E-state index in [9.17, 15) is 4.79 Å². The van der Waals surface area contributed by atoms with Gasteiger partial charge in [0.15, 0.2) is 5.78 Å². The molecule has 0 bridgehead atoms. The molecule has 0 aliphatic rings. The number of rotatable bonds is 3. The van der Waals surface area contributed by atoms with Crippen LogP contribution in [0.15, 0.2) is 36.4 Å². The topological polar surface area (TPSA) is 34.9 Å². The molecule has 1 heterocycles. The first kappa shape index (κ1) is 10.6. The zero-order valence-corrected chi connectivity index (χ0v) is 9.47. The molecule has 0 amide bonds. The Kier molecular flexibility index (Phi) is 2.86. The van der Waals surface area contributed by atoms with Gasteiger partial charge in [-0.15, -0.1) is 0 Å². The highest BCUT2D eigenvalue weighted by atomic mass is 16.1. The monoisotopic (exact) mass is 214 g/mol. The molecule has 82 valence electrons. The summed E-state index contributed by atoms with van der Waals surface area (Å²) in [5.74, 6) is 0.0380. The van der Waals surface area contributed by atoms with E-state index in [0.717, 1.165) is 17.8 Å². The summed E-state index contributed by atoms with van der Waals surface area (Å²) in [7, 11) is 0. The van der Waals surface area contributed by atoms with E-state index in [1.54, 1.807) is 11.6 Å². The Labute approximate surface area is 94.7 Å². The van der Waals surface area contributed by atoms with E-state index in [1.807, 2.05) is 43.3 Å². The Morgan fingerprint density at radius 3 is 2.56 bits per heavy atom. The van der Waals surface area contributed by atoms with E-state index in [0.29, 0.717) is 5.69 Å². The van der Waals surface area contributed by atoms with Crippen LogP contribution in [0.1, 0.15) is 30.0 Å². The average Bonchev–Trinajstić information content (AvgIpc) is 2.74. The van der Waals surface area contributed by atoms with Crippen LogP contribution in [-0.4, -0.2) is 15.6 Å². The van der Waals surface area contributed by atoms with Crippen molar-refractivity contribution >= 4 is 5.78 Å². The van der Waals surface area contributed by atoms with Crippen molar-refractivity contribution in [1.29, 1.82) is 0 Å². The van der Waals surface area contributed by atoms with E-state index in [2.05, 4.69) is 5.10 Å². The van der Waals surface area contributed by atoms with Crippen molar-refractivity contribution in [2.24, 2.45) is 0 Å². The molecule has 2 rings (SSSR count). The summed E-state index contributed by atoms with van der Waals surface area (Å²) in [6, 6.07) is 11.6. The first-order valence-electron chi connectivity index (χ1n) is 5.37. The fourth-order valence-corrected chi connectivity index (χ4v) is 1.62. The number of hydrogen-bond acceptors (Lipinski definition) is 2. The van der Waals surface area contributed by atoms with Crippen molar-refractivity contribution in [3.8, 4) is 5.69 Å². The molecule has 3 nitrogen and oxygen atoms in total. The first-order valence-corrected chi connectivity index (χ1v) is 5.37. The average molecular weight is 214 g/mol. The van der Waals surface area contributed by atoms with Crippen LogP contribution in [0.5, 0.6) is 0 Å². The van der Waals surface area contributed by atoms with Crippen molar-refractivity contribution in [2.45, 2.75) is 20.3 Å². The molecule has 0 N–H and O–H groups in total. The number of para-hydroxylation sites is 1. The molecule has 1 aromatic carbocycles. The van der Waals surface area contributed by atoms with Gasteiger partial charge in [0.1, 0.15) is 5.69 Å². The van der Waals surface area contributed by atoms with Gasteiger partial charge < -0.3 is 0 Å². The lowest BCUT2D eigenvalue weighted by Crippen LogP contribution is -2.05. The number of Topliss-reactive ketones (excluding diaryl/α,β-unsaturated/α-hetero) is 1. The van der Waals surface area contributed by atoms with Gasteiger partial charge in [-0.05, 0) is 24.6 Å². The molecule has 0 aliphatic carbocycles. The van der Waals surface area contributed by atoms with Crippen LogP contribution < -0.4 is 0 Å². The Hall–Kier alpha value is -1.90. The summed E-state index contributed by atoms with van der Waals surface area (Å²) in [6.45, 7) is 3.59. The zero-order valence-electron chi connectivity index (χ0n) is 9.47. The minimum absolute atomic E-state index is 0.0380. The Morgan fingerprint density at radius 1 is 1.31 bits per heavy atom. The predicted octanol–water partition coefficient (Wildman–Crippen LogP) is 2.64. The smallest absolute Gasteiger partial charge is 0.178 e. The Morgan fingerprint density at radius 2 is 2.00 bits per heavy atom. The molecule has 0 spiro atoms. The molecule has 2 aromatic rings. The van der Waals surface area contributed by atoms with Crippen LogP contribution in [-0.2, 0) is 6.42 Å². The summed E-state index contributed by atoms with van der Waals surface area (Å²) >= 11 is 0. The third-order valence-corrected chi connectivity index (χ3v) is 2.48. The highest BCUT2D eigenvalue weighted by Gasteiger charge is 2.11. The standard InChI is InChI=1S/C13H14N2O/c1-3-11-9-13(10(2)16)15(14-11)12-7-5-4-6-8-12/h4-9H,3H2,1-2H3. The summed E-state index contributed by atoms with van der Waals surface area (Å²) in [6.07, 6.45) is 0.833. The van der Waals surface area contributed by atoms with E-state index in [1.165, 1.54) is 0 Å². The SMILES string of the molecule is CCc1cc(C(C)=O)n(-c2ccccc2)n1. The third kappa shape index (κ3) is 1.89. The second kappa shape index (κ2) is 4.31. The van der Waals surface area contributed by atoms with Crippen LogP contribution in [0.25, 0.3) is 5.69 Å². The second-order valence-corrected chi connectivity index (χ2v) is 3.68. The zero-order chi connectivity index (χ0) is 11.5. The first-order chi connectivity index (χ1) is 7.72. The fraction of sp³-hybridized carbons (Fsp3) is 0.231. The van der Waals surface area contributed by atoms with Crippen molar-refractivity contribution < 1.29 is 4.79 Å². The molecule has 3 heteroatoms. The van der Waals surface area contributed by atoms with Crippen molar-refractivity contribution in [1.82, 2.24) is 9.78 Å². The number of benzene rings is 1. The van der Waals surface area contributed by atoms with Gasteiger partial charge in [-0.1, -0.05) is 25.1 Å². The molecule has 16 heavy (non-hydrogen) atoms. The van der Waals surface area contributed by atoms with Gasteiger partial charge in [0.05, 0.1) is 11.4 Å². The van der Waals surface area contributed by atoms with Crippen LogP contribution >= 0.6 is 0 Å². The van der Waals surface area contributed by atoms with Crippen molar-refractivity contribution in [3.63, 3.8) is 0 Å². The van der Waals surface area contributed by atoms with Gasteiger partial charge >= 0.3 is 0 Å². The highest BCUT2D eigenvalue weighted by Crippen LogP contribution is 2.13. The molecule has 1 aromatic heterocycles. The summed E-state index contributed by atoms with van der Waals surface area (Å²) < 4.78 is 1.71. The van der Waals surface area contributed by atoms with Crippen molar-refractivity contribution in [2.75, 3.05) is 0 Å². The number of aryl methyl sites for hydroxylation is 1. The van der Waals surface area contributed by atoms with Crippen LogP contribution in [0.3, 0.4) is 0 Å². The minimum atomic E-state index is 0.0380. The lowest BCUT2D eigenvalue weighted by Gasteiger charge is -2.03. The largest absolute Gasteiger partial charge is 0.293 e. The van der Waals surface area contributed by atoms with Gasteiger partial charge in [-0.2, -0.15) is 5.10 Å². The van der Waals surface area contributed by atoms with E-state index >= 15 is 0 Å². The number of ketones is 1. The van der Waals surface area contributed by atoms with Gasteiger partial charge in [0, 0.05) is 6.92 Å². The molecule has 0 radical (unpaired) electrons. The summed E-state index contributed by atoms with van der Waals surface area (Å²) in [4.78, 5) is 11.5. The van der Waals surface area contributed by atoms with Crippen molar-refractivity contribution in [3.05, 3.63) is 47.8 Å². The number of aromatic nitrogens is 2. The number of nitrogens with zero attached hydrogens (tertiary/aromatic N) is 2. The summed E-state index contributed by atoms with van der Waals surface area (Å²) in [5, 5.41) is 4.42. The van der Waals surface area contributed by atoms with Crippen LogP contribution in [0.2, 0.25) is 0 Å². The Bertz CT molecular complexity index is 500. The predicted molar refractivity (Wildman–Crippen MR) is 62.9 cm³/mol. The van der Waals surface area contributed by atoms with Gasteiger partial charge in [0.25, 0.3) is 0 Å². The maximum absolute atomic E-state index is 11.5. The normalized spacial score (nSPS) is 10.4. The van der Waals surface area contributed by atoms with E-state index < -0.39 is 0 Å². The van der Waals surface area contributed by atoms with Gasteiger partial charge in [0.2, 0.25) is 0 Å². The minimum Gasteiger partial charge on any atom is -0.293 e. The van der Waals surface area contributed by atoms with Gasteiger partial charge in [-0.25, -0.2) is 4.68 Å². The second-order valence-electron chi connectivity index (χ2n) is 3.68. The third-order valence-electron chi connectivity index (χ3n) is 2.48. The van der Waals surface area contributed by atoms with E-state index in [4.69, 9.17) is 0 Å². The lowest BCUT2D eigenvalue weighted by molar-refractivity contribution is 0.101. The molecular formula is C13H14N2O. The highest BCUT2D eigenvalue weighted by molar-refractivity contribution is 5.93. The number of hydrogen-bond donors (Lipinski definition) is 0. The fourth-order valence-electron chi connectivity index (χ4n) is 1.62. The number of carbonyl (C=O) groups excluding carboxylic acids is 1. The maximum Gasteiger partial charge on any atom is 0.178 e.